The first-order chi connectivity index (χ1) is 9.40. The molecule has 1 aromatic rings. The number of amides is 4. The smallest absolute Gasteiger partial charge is 0.325 e. The van der Waals surface area contributed by atoms with Crippen molar-refractivity contribution in [2.45, 2.75) is 26.4 Å². The highest BCUT2D eigenvalue weighted by Crippen LogP contribution is 2.17. The molecule has 3 N–H and O–H groups in total. The molecule has 20 heavy (non-hydrogen) atoms. The lowest BCUT2D eigenvalue weighted by molar-refractivity contribution is -0.128. The van der Waals surface area contributed by atoms with Crippen molar-refractivity contribution in [3.63, 3.8) is 0 Å². The van der Waals surface area contributed by atoms with E-state index >= 15 is 0 Å². The molecule has 0 aromatic heterocycles. The number of benzene rings is 1. The minimum absolute atomic E-state index is 0.0497. The summed E-state index contributed by atoms with van der Waals surface area (Å²) >= 11 is 0. The van der Waals surface area contributed by atoms with Crippen LogP contribution in [0.1, 0.15) is 29.8 Å². The molecule has 4 amide bonds. The maximum Gasteiger partial charge on any atom is 0.325 e. The molecule has 106 valence electrons. The number of carbonyl (C=O) groups excluding carboxylic acids is 3. The van der Waals surface area contributed by atoms with Gasteiger partial charge in [0.2, 0.25) is 5.91 Å². The number of nitrogens with one attached hydrogen (secondary N) is 1. The molecule has 1 atom stereocenters. The number of nitrogens with two attached hydrogens (primary N) is 1. The van der Waals surface area contributed by atoms with E-state index in [-0.39, 0.29) is 24.4 Å². The van der Waals surface area contributed by atoms with Gasteiger partial charge in [-0.15, -0.1) is 0 Å². The molecule has 0 saturated carbocycles. The number of rotatable bonds is 4. The summed E-state index contributed by atoms with van der Waals surface area (Å²) in [5.74, 6) is -0.677. The van der Waals surface area contributed by atoms with Crippen molar-refractivity contribution >= 4 is 17.8 Å². The van der Waals surface area contributed by atoms with Gasteiger partial charge in [-0.3, -0.25) is 14.5 Å². The van der Waals surface area contributed by atoms with Crippen molar-refractivity contribution in [1.82, 2.24) is 10.2 Å². The fourth-order valence-corrected chi connectivity index (χ4v) is 2.10. The van der Waals surface area contributed by atoms with Gasteiger partial charge >= 0.3 is 6.03 Å². The quantitative estimate of drug-likeness (QED) is 0.798. The molecule has 1 unspecified atom stereocenters. The number of nitrogens with zero attached hydrogens (tertiary/aromatic N) is 1. The summed E-state index contributed by atoms with van der Waals surface area (Å²) in [4.78, 5) is 36.1. The fraction of sp³-hybridized carbons (Fsp3) is 0.357. The van der Waals surface area contributed by atoms with Crippen molar-refractivity contribution in [3.8, 4) is 0 Å². The summed E-state index contributed by atoms with van der Waals surface area (Å²) < 4.78 is 0. The summed E-state index contributed by atoms with van der Waals surface area (Å²) in [5.41, 5.74) is 6.32. The zero-order valence-electron chi connectivity index (χ0n) is 11.4. The standard InChI is InChI=1S/C14H17N3O3/c1-8(2)11-13(19)17(14(20)16-11)7-9-3-5-10(6-4-9)12(15)18/h3-6,8,11H,7H2,1-2H3,(H2,15,18)(H,16,20). The van der Waals surface area contributed by atoms with Crippen molar-refractivity contribution in [2.24, 2.45) is 11.7 Å². The van der Waals surface area contributed by atoms with Gasteiger partial charge in [0.25, 0.3) is 5.91 Å². The highest BCUT2D eigenvalue weighted by Gasteiger charge is 2.39. The van der Waals surface area contributed by atoms with Crippen LogP contribution in [0.2, 0.25) is 0 Å². The zero-order chi connectivity index (χ0) is 14.9. The lowest BCUT2D eigenvalue weighted by atomic mass is 10.0. The van der Waals surface area contributed by atoms with Crippen molar-refractivity contribution in [1.29, 1.82) is 0 Å². The topological polar surface area (TPSA) is 92.5 Å². The van der Waals surface area contributed by atoms with E-state index in [9.17, 15) is 14.4 Å². The van der Waals surface area contributed by atoms with Gasteiger partial charge in [-0.2, -0.15) is 0 Å². The highest BCUT2D eigenvalue weighted by molar-refractivity contribution is 6.04. The number of primary amides is 1. The van der Waals surface area contributed by atoms with E-state index in [0.717, 1.165) is 5.56 Å². The van der Waals surface area contributed by atoms with Crippen molar-refractivity contribution < 1.29 is 14.4 Å². The number of hydrogen-bond acceptors (Lipinski definition) is 3. The number of urea groups is 1. The van der Waals surface area contributed by atoms with Crippen LogP contribution < -0.4 is 11.1 Å². The molecule has 1 aliphatic heterocycles. The molecule has 0 bridgehead atoms. The largest absolute Gasteiger partial charge is 0.366 e. The lowest BCUT2D eigenvalue weighted by Crippen LogP contribution is -2.34. The van der Waals surface area contributed by atoms with Crippen molar-refractivity contribution in [3.05, 3.63) is 35.4 Å². The second-order valence-electron chi connectivity index (χ2n) is 5.16. The predicted molar refractivity (Wildman–Crippen MR) is 72.7 cm³/mol. The van der Waals surface area contributed by atoms with Gasteiger partial charge in [0.05, 0.1) is 6.54 Å². The molecule has 1 aliphatic rings. The van der Waals surface area contributed by atoms with E-state index in [2.05, 4.69) is 5.32 Å². The first-order valence-corrected chi connectivity index (χ1v) is 6.40. The Morgan fingerprint density at radius 1 is 1.30 bits per heavy atom. The lowest BCUT2D eigenvalue weighted by Gasteiger charge is -2.14. The first kappa shape index (κ1) is 14.0. The Kier molecular flexibility index (Phi) is 3.74. The van der Waals surface area contributed by atoms with Crippen LogP contribution in [-0.2, 0) is 11.3 Å². The number of carbonyl (C=O) groups is 3. The molecule has 0 spiro atoms. The van der Waals surface area contributed by atoms with Crippen LogP contribution in [0.15, 0.2) is 24.3 Å². The van der Waals surface area contributed by atoms with Crippen LogP contribution >= 0.6 is 0 Å². The molecule has 6 nitrogen and oxygen atoms in total. The fourth-order valence-electron chi connectivity index (χ4n) is 2.10. The van der Waals surface area contributed by atoms with E-state index in [1.165, 1.54) is 4.90 Å². The van der Waals surface area contributed by atoms with Crippen molar-refractivity contribution in [2.75, 3.05) is 0 Å². The molecule has 1 saturated heterocycles. The first-order valence-electron chi connectivity index (χ1n) is 6.40. The summed E-state index contributed by atoms with van der Waals surface area (Å²) in [5, 5.41) is 2.67. The molecule has 6 heteroatoms. The van der Waals surface area contributed by atoms with E-state index < -0.39 is 11.9 Å². The summed E-state index contributed by atoms with van der Waals surface area (Å²) in [6.07, 6.45) is 0. The van der Waals surface area contributed by atoms with Gasteiger partial charge in [-0.1, -0.05) is 26.0 Å². The maximum absolute atomic E-state index is 12.1. The molecule has 1 heterocycles. The third-order valence-corrected chi connectivity index (χ3v) is 3.30. The number of imide groups is 1. The molecule has 0 radical (unpaired) electrons. The van der Waals surface area contributed by atoms with E-state index in [1.54, 1.807) is 24.3 Å². The van der Waals surface area contributed by atoms with E-state index in [4.69, 9.17) is 5.73 Å². The average Bonchev–Trinajstić information content (AvgIpc) is 2.67. The Balaban J connectivity index is 2.12. The summed E-state index contributed by atoms with van der Waals surface area (Å²) in [6, 6.07) is 5.68. The molecular formula is C14H17N3O3. The Hall–Kier alpha value is -2.37. The predicted octanol–water partition coefficient (Wildman–Crippen LogP) is 0.862. The minimum atomic E-state index is -0.508. The van der Waals surface area contributed by atoms with Gasteiger partial charge in [0.1, 0.15) is 6.04 Å². The average molecular weight is 275 g/mol. The van der Waals surface area contributed by atoms with Crippen LogP contribution in [0.25, 0.3) is 0 Å². The normalized spacial score (nSPS) is 18.6. The second kappa shape index (κ2) is 5.32. The molecule has 1 aromatic carbocycles. The second-order valence-corrected chi connectivity index (χ2v) is 5.16. The SMILES string of the molecule is CC(C)C1NC(=O)N(Cc2ccc(C(N)=O)cc2)C1=O. The Morgan fingerprint density at radius 3 is 2.35 bits per heavy atom. The third-order valence-electron chi connectivity index (χ3n) is 3.30. The van der Waals surface area contributed by atoms with Crippen LogP contribution in [-0.4, -0.2) is 28.8 Å². The Bertz CT molecular complexity index is 551. The van der Waals surface area contributed by atoms with Crippen LogP contribution in [0.5, 0.6) is 0 Å². The highest BCUT2D eigenvalue weighted by atomic mass is 16.2. The molecular weight excluding hydrogens is 258 g/mol. The van der Waals surface area contributed by atoms with Crippen LogP contribution in [0.4, 0.5) is 4.79 Å². The summed E-state index contributed by atoms with van der Waals surface area (Å²) in [6.45, 7) is 3.95. The zero-order valence-corrected chi connectivity index (χ0v) is 11.4. The van der Waals surface area contributed by atoms with Crippen LogP contribution in [0.3, 0.4) is 0 Å². The Labute approximate surface area is 116 Å². The van der Waals surface area contributed by atoms with E-state index in [0.29, 0.717) is 5.56 Å². The molecule has 0 aliphatic carbocycles. The van der Waals surface area contributed by atoms with Gasteiger partial charge in [-0.25, -0.2) is 4.79 Å². The minimum Gasteiger partial charge on any atom is -0.366 e. The Morgan fingerprint density at radius 2 is 1.90 bits per heavy atom. The summed E-state index contributed by atoms with van der Waals surface area (Å²) in [7, 11) is 0. The maximum atomic E-state index is 12.1. The van der Waals surface area contributed by atoms with Gasteiger partial charge in [0.15, 0.2) is 0 Å². The van der Waals surface area contributed by atoms with E-state index in [1.807, 2.05) is 13.8 Å². The molecule has 1 fully saturated rings. The molecule has 2 rings (SSSR count). The third kappa shape index (κ3) is 2.64. The van der Waals surface area contributed by atoms with Crippen LogP contribution in [0, 0.1) is 5.92 Å². The number of hydrogen-bond donors (Lipinski definition) is 2. The van der Waals surface area contributed by atoms with Gasteiger partial charge < -0.3 is 11.1 Å². The van der Waals surface area contributed by atoms with Gasteiger partial charge in [-0.05, 0) is 23.6 Å². The van der Waals surface area contributed by atoms with Gasteiger partial charge in [0, 0.05) is 5.56 Å². The monoisotopic (exact) mass is 275 g/mol.